The second-order valence-corrected chi connectivity index (χ2v) is 5.32. The fourth-order valence-electron chi connectivity index (χ4n) is 2.19. The molecule has 0 amide bonds. The summed E-state index contributed by atoms with van der Waals surface area (Å²) in [6.45, 7) is 3.33. The number of para-hydroxylation sites is 1. The highest BCUT2D eigenvalue weighted by Crippen LogP contribution is 2.31. The van der Waals surface area contributed by atoms with E-state index in [2.05, 4.69) is 36.5 Å². The van der Waals surface area contributed by atoms with Crippen molar-refractivity contribution in [3.63, 3.8) is 0 Å². The third-order valence-electron chi connectivity index (χ3n) is 3.01. The molecule has 0 bridgehead atoms. The maximum absolute atomic E-state index is 4.71. The van der Waals surface area contributed by atoms with Crippen LogP contribution in [0.4, 0.5) is 0 Å². The molecule has 1 aliphatic rings. The fourth-order valence-corrected chi connectivity index (χ4v) is 3.27. The van der Waals surface area contributed by atoms with Gasteiger partial charge in [0.2, 0.25) is 0 Å². The molecule has 2 nitrogen and oxygen atoms in total. The molecule has 1 aliphatic heterocycles. The summed E-state index contributed by atoms with van der Waals surface area (Å²) < 4.78 is 1.31. The Morgan fingerprint density at radius 2 is 2.27 bits per heavy atom. The van der Waals surface area contributed by atoms with Crippen molar-refractivity contribution in [2.45, 2.75) is 25.3 Å². The molecule has 3 rings (SSSR count). The summed E-state index contributed by atoms with van der Waals surface area (Å²) in [5, 5.41) is 4.78. The van der Waals surface area contributed by atoms with Crippen LogP contribution in [0.25, 0.3) is 10.2 Å². The minimum absolute atomic E-state index is 0.623. The highest BCUT2D eigenvalue weighted by Gasteiger charge is 2.24. The van der Waals surface area contributed by atoms with Crippen molar-refractivity contribution in [3.8, 4) is 0 Å². The molecule has 0 aliphatic carbocycles. The normalized spacial score (nSPS) is 26.2. The van der Waals surface area contributed by atoms with Crippen LogP contribution in [0.2, 0.25) is 0 Å². The lowest BCUT2D eigenvalue weighted by atomic mass is 10.1. The molecule has 2 unspecified atom stereocenters. The molecule has 1 aromatic carbocycles. The Morgan fingerprint density at radius 1 is 1.40 bits per heavy atom. The number of thiazole rings is 1. The first-order valence-electron chi connectivity index (χ1n) is 5.42. The highest BCUT2D eigenvalue weighted by atomic mass is 32.1. The van der Waals surface area contributed by atoms with Crippen molar-refractivity contribution in [1.29, 1.82) is 0 Å². The van der Waals surface area contributed by atoms with Crippen LogP contribution in [0.5, 0.6) is 0 Å². The first kappa shape index (κ1) is 9.31. The molecule has 3 heteroatoms. The predicted molar refractivity (Wildman–Crippen MR) is 64.4 cm³/mol. The summed E-state index contributed by atoms with van der Waals surface area (Å²) >= 11 is 1.85. The Labute approximate surface area is 93.3 Å². The number of fused-ring (bicyclic) bond motifs is 1. The van der Waals surface area contributed by atoms with Gasteiger partial charge in [-0.3, -0.25) is 0 Å². The van der Waals surface area contributed by atoms with Crippen molar-refractivity contribution >= 4 is 21.6 Å². The van der Waals surface area contributed by atoms with Crippen LogP contribution < -0.4 is 5.32 Å². The number of nitrogens with zero attached hydrogens (tertiary/aromatic N) is 1. The van der Waals surface area contributed by atoms with Crippen molar-refractivity contribution in [1.82, 2.24) is 10.3 Å². The van der Waals surface area contributed by atoms with Crippen LogP contribution in [0.3, 0.4) is 0 Å². The Bertz CT molecular complexity index is 444. The molecule has 1 aromatic heterocycles. The maximum atomic E-state index is 4.71. The summed E-state index contributed by atoms with van der Waals surface area (Å²) in [6, 6.07) is 9.03. The molecule has 1 saturated heterocycles. The van der Waals surface area contributed by atoms with E-state index in [-0.39, 0.29) is 0 Å². The van der Waals surface area contributed by atoms with Crippen LogP contribution in [0.1, 0.15) is 24.3 Å². The molecule has 0 radical (unpaired) electrons. The standard InChI is InChI=1S/C12H14N2S/c1-8-6-9(7-13-8)12-14-10-4-2-3-5-11(10)15-12/h2-5,8-9,13H,6-7H2,1H3. The van der Waals surface area contributed by atoms with Gasteiger partial charge in [-0.25, -0.2) is 4.98 Å². The van der Waals surface area contributed by atoms with Gasteiger partial charge in [-0.1, -0.05) is 12.1 Å². The molecule has 78 valence electrons. The summed E-state index contributed by atoms with van der Waals surface area (Å²) in [7, 11) is 0. The molecule has 1 N–H and O–H groups in total. The first-order valence-corrected chi connectivity index (χ1v) is 6.23. The van der Waals surface area contributed by atoms with E-state index in [0.717, 1.165) is 12.1 Å². The Balaban J connectivity index is 1.98. The lowest BCUT2D eigenvalue weighted by Gasteiger charge is -2.01. The van der Waals surface area contributed by atoms with Gasteiger partial charge >= 0.3 is 0 Å². The first-order chi connectivity index (χ1) is 7.33. The monoisotopic (exact) mass is 218 g/mol. The number of hydrogen-bond acceptors (Lipinski definition) is 3. The van der Waals surface area contributed by atoms with Gasteiger partial charge in [0.05, 0.1) is 15.2 Å². The molecule has 2 aromatic rings. The van der Waals surface area contributed by atoms with Crippen molar-refractivity contribution in [3.05, 3.63) is 29.3 Å². The van der Waals surface area contributed by atoms with E-state index in [0.29, 0.717) is 12.0 Å². The SMILES string of the molecule is CC1CC(c2nc3ccccc3s2)CN1. The van der Waals surface area contributed by atoms with Crippen molar-refractivity contribution < 1.29 is 0 Å². The zero-order valence-corrected chi connectivity index (χ0v) is 9.55. The minimum Gasteiger partial charge on any atom is -0.314 e. The van der Waals surface area contributed by atoms with Crippen LogP contribution in [0, 0.1) is 0 Å². The Kier molecular flexibility index (Phi) is 2.22. The van der Waals surface area contributed by atoms with Gasteiger partial charge in [0, 0.05) is 18.5 Å². The molecular weight excluding hydrogens is 204 g/mol. The zero-order chi connectivity index (χ0) is 10.3. The van der Waals surface area contributed by atoms with Crippen molar-refractivity contribution in [2.75, 3.05) is 6.54 Å². The predicted octanol–water partition coefficient (Wildman–Crippen LogP) is 2.76. The fraction of sp³-hybridized carbons (Fsp3) is 0.417. The Hall–Kier alpha value is -0.930. The quantitative estimate of drug-likeness (QED) is 0.796. The number of hydrogen-bond donors (Lipinski definition) is 1. The molecule has 2 heterocycles. The van der Waals surface area contributed by atoms with Gasteiger partial charge < -0.3 is 5.32 Å². The van der Waals surface area contributed by atoms with E-state index in [1.807, 2.05) is 11.3 Å². The van der Waals surface area contributed by atoms with Crippen LogP contribution in [-0.2, 0) is 0 Å². The minimum atomic E-state index is 0.623. The van der Waals surface area contributed by atoms with Gasteiger partial charge in [0.1, 0.15) is 0 Å². The van der Waals surface area contributed by atoms with E-state index in [4.69, 9.17) is 4.98 Å². The second-order valence-electron chi connectivity index (χ2n) is 4.26. The third kappa shape index (κ3) is 1.66. The summed E-state index contributed by atoms with van der Waals surface area (Å²) in [4.78, 5) is 4.71. The summed E-state index contributed by atoms with van der Waals surface area (Å²) in [5.74, 6) is 0.623. The number of nitrogens with one attached hydrogen (secondary N) is 1. The van der Waals surface area contributed by atoms with E-state index in [1.165, 1.54) is 16.1 Å². The molecule has 0 saturated carbocycles. The van der Waals surface area contributed by atoms with Gasteiger partial charge in [-0.05, 0) is 25.5 Å². The van der Waals surface area contributed by atoms with Gasteiger partial charge in [0.15, 0.2) is 0 Å². The van der Waals surface area contributed by atoms with Crippen LogP contribution in [-0.4, -0.2) is 17.6 Å². The van der Waals surface area contributed by atoms with E-state index < -0.39 is 0 Å². The topological polar surface area (TPSA) is 24.9 Å². The largest absolute Gasteiger partial charge is 0.314 e. The smallest absolute Gasteiger partial charge is 0.0982 e. The van der Waals surface area contributed by atoms with Crippen LogP contribution >= 0.6 is 11.3 Å². The second kappa shape index (κ2) is 3.58. The molecular formula is C12H14N2S. The average molecular weight is 218 g/mol. The van der Waals surface area contributed by atoms with Gasteiger partial charge in [-0.15, -0.1) is 11.3 Å². The number of aromatic nitrogens is 1. The Morgan fingerprint density at radius 3 is 3.00 bits per heavy atom. The summed E-state index contributed by atoms with van der Waals surface area (Å²) in [6.07, 6.45) is 1.22. The third-order valence-corrected chi connectivity index (χ3v) is 4.21. The van der Waals surface area contributed by atoms with Crippen molar-refractivity contribution in [2.24, 2.45) is 0 Å². The number of benzene rings is 1. The van der Waals surface area contributed by atoms with E-state index in [9.17, 15) is 0 Å². The average Bonchev–Trinajstić information content (AvgIpc) is 2.82. The molecule has 1 fully saturated rings. The molecule has 2 atom stereocenters. The summed E-state index contributed by atoms with van der Waals surface area (Å²) in [5.41, 5.74) is 1.15. The maximum Gasteiger partial charge on any atom is 0.0982 e. The van der Waals surface area contributed by atoms with E-state index >= 15 is 0 Å². The number of rotatable bonds is 1. The van der Waals surface area contributed by atoms with Crippen LogP contribution in [0.15, 0.2) is 24.3 Å². The zero-order valence-electron chi connectivity index (χ0n) is 8.73. The van der Waals surface area contributed by atoms with Gasteiger partial charge in [0.25, 0.3) is 0 Å². The molecule has 15 heavy (non-hydrogen) atoms. The lowest BCUT2D eigenvalue weighted by Crippen LogP contribution is -2.16. The van der Waals surface area contributed by atoms with Gasteiger partial charge in [-0.2, -0.15) is 0 Å². The van der Waals surface area contributed by atoms with E-state index in [1.54, 1.807) is 0 Å². The lowest BCUT2D eigenvalue weighted by molar-refractivity contribution is 0.658. The highest BCUT2D eigenvalue weighted by molar-refractivity contribution is 7.18. The molecule has 0 spiro atoms.